The maximum Gasteiger partial charge on any atom is 0.453 e. The molecule has 0 radical (unpaired) electrons. The van der Waals surface area contributed by atoms with Crippen LogP contribution in [-0.2, 0) is 18.9 Å². The monoisotopic (exact) mass is 772 g/mol. The lowest BCUT2D eigenvalue weighted by Crippen LogP contribution is -2.45. The Bertz CT molecular complexity index is 1310. The molecule has 1 aromatic carbocycles. The molecule has 2 aliphatic heterocycles. The molecule has 53 heavy (non-hydrogen) atoms. The van der Waals surface area contributed by atoms with E-state index in [-0.39, 0.29) is 30.5 Å². The van der Waals surface area contributed by atoms with Gasteiger partial charge in [0.25, 0.3) is 0 Å². The van der Waals surface area contributed by atoms with Crippen LogP contribution in [0.3, 0.4) is 0 Å². The van der Waals surface area contributed by atoms with Gasteiger partial charge in [0.05, 0.1) is 19.3 Å². The molecule has 2 heterocycles. The molecule has 5 nitrogen and oxygen atoms in total. The van der Waals surface area contributed by atoms with Crippen LogP contribution < -0.4 is 4.74 Å². The molecule has 0 aromatic heterocycles. The number of rotatable bonds is 19. The van der Waals surface area contributed by atoms with E-state index in [2.05, 4.69) is 31.2 Å². The first kappa shape index (κ1) is 41.1. The highest BCUT2D eigenvalue weighted by molar-refractivity contribution is 7.99. The van der Waals surface area contributed by atoms with Crippen molar-refractivity contribution in [2.45, 2.75) is 166 Å². The Labute approximate surface area is 317 Å². The lowest BCUT2D eigenvalue weighted by atomic mass is 9.57. The molecule has 0 amide bonds. The van der Waals surface area contributed by atoms with Gasteiger partial charge in [-0.1, -0.05) is 45.1 Å². The maximum atomic E-state index is 13.0. The molecule has 0 unspecified atom stereocenters. The highest BCUT2D eigenvalue weighted by Crippen LogP contribution is 2.62. The predicted octanol–water partition coefficient (Wildman–Crippen LogP) is 12.2. The Kier molecular flexibility index (Phi) is 14.8. The van der Waals surface area contributed by atoms with Gasteiger partial charge in [0.15, 0.2) is 12.6 Å². The van der Waals surface area contributed by atoms with Crippen LogP contribution in [0.2, 0.25) is 0 Å². The number of fused-ring (bicyclic) bond motifs is 5. The fraction of sp³-hybridized carbons (Fsp3) is 0.810. The Morgan fingerprint density at radius 2 is 1.49 bits per heavy atom. The molecule has 0 bridgehead atoms. The van der Waals surface area contributed by atoms with Crippen molar-refractivity contribution >= 4 is 17.5 Å². The van der Waals surface area contributed by atoms with Crippen LogP contribution in [-0.4, -0.2) is 62.1 Å². The molecule has 0 N–H and O–H groups in total. The molecule has 3 aliphatic carbocycles. The number of halogens is 5. The van der Waals surface area contributed by atoms with Crippen molar-refractivity contribution in [3.05, 3.63) is 35.4 Å². The van der Waals surface area contributed by atoms with Crippen LogP contribution in [0.4, 0.5) is 22.0 Å². The summed E-state index contributed by atoms with van der Waals surface area (Å²) in [5.74, 6) is -0.228. The molecule has 300 valence electrons. The molecule has 2 saturated carbocycles. The van der Waals surface area contributed by atoms with Gasteiger partial charge < -0.3 is 23.7 Å². The molecule has 2 saturated heterocycles. The third kappa shape index (κ3) is 10.6. The number of allylic oxidation sites excluding steroid dienone is 1. The number of hydrogen-bond donors (Lipinski definition) is 0. The molecule has 0 spiro atoms. The summed E-state index contributed by atoms with van der Waals surface area (Å²) in [4.78, 5) is 0. The third-order valence-electron chi connectivity index (χ3n) is 12.5. The van der Waals surface area contributed by atoms with E-state index in [9.17, 15) is 22.0 Å². The van der Waals surface area contributed by atoms with Crippen LogP contribution in [0.5, 0.6) is 5.75 Å². The number of ether oxygens (including phenoxy) is 5. The van der Waals surface area contributed by atoms with Gasteiger partial charge in [-0.15, -0.1) is 0 Å². The van der Waals surface area contributed by atoms with Gasteiger partial charge in [0, 0.05) is 25.0 Å². The second-order valence-corrected chi connectivity index (χ2v) is 17.5. The molecule has 7 atom stereocenters. The average Bonchev–Trinajstić information content (AvgIpc) is 3.47. The summed E-state index contributed by atoms with van der Waals surface area (Å²) in [5, 5.41) is 0. The van der Waals surface area contributed by atoms with Crippen molar-refractivity contribution in [3.63, 3.8) is 0 Å². The van der Waals surface area contributed by atoms with E-state index < -0.39 is 18.5 Å². The summed E-state index contributed by atoms with van der Waals surface area (Å²) >= 11 is 1.47. The van der Waals surface area contributed by atoms with Crippen LogP contribution in [0.1, 0.15) is 146 Å². The van der Waals surface area contributed by atoms with Gasteiger partial charge in [-0.3, -0.25) is 0 Å². The first-order chi connectivity index (χ1) is 25.5. The second-order valence-electron chi connectivity index (χ2n) is 16.3. The van der Waals surface area contributed by atoms with Gasteiger partial charge in [0.2, 0.25) is 0 Å². The summed E-state index contributed by atoms with van der Waals surface area (Å²) in [6.45, 7) is 4.67. The van der Waals surface area contributed by atoms with E-state index in [0.717, 1.165) is 139 Å². The summed E-state index contributed by atoms with van der Waals surface area (Å²) in [7, 11) is 0. The van der Waals surface area contributed by atoms with E-state index in [1.807, 2.05) is 0 Å². The van der Waals surface area contributed by atoms with Crippen molar-refractivity contribution in [2.75, 3.05) is 31.3 Å². The van der Waals surface area contributed by atoms with Gasteiger partial charge in [-0.2, -0.15) is 33.7 Å². The SMILES string of the molecule is C[C@]12CC[C@@H]3c4ccc(O[C@@H]5CCCCO5)cc4C(OCCCCCCCCCSCCCC(F)(F)C(F)(F)F)=C[C@H]3[C@@H]1CC[C@@H]2O[C@@H]1CCCCO1. The van der Waals surface area contributed by atoms with Gasteiger partial charge in [-0.05, 0) is 135 Å². The number of hydrogen-bond acceptors (Lipinski definition) is 6. The van der Waals surface area contributed by atoms with Crippen molar-refractivity contribution < 1.29 is 45.6 Å². The smallest absolute Gasteiger partial charge is 0.453 e. The maximum absolute atomic E-state index is 13.0. The first-order valence-electron chi connectivity index (χ1n) is 20.6. The quantitative estimate of drug-likeness (QED) is 0.103. The van der Waals surface area contributed by atoms with Crippen molar-refractivity contribution in [1.82, 2.24) is 0 Å². The third-order valence-corrected chi connectivity index (χ3v) is 13.7. The molecule has 4 fully saturated rings. The molecule has 5 aliphatic rings. The zero-order chi connectivity index (χ0) is 37.3. The lowest BCUT2D eigenvalue weighted by Gasteiger charge is -2.50. The molecular formula is C42H61F5O5S. The number of thioether (sulfide) groups is 1. The summed E-state index contributed by atoms with van der Waals surface area (Å²) in [6.07, 6.45) is 14.1. The Hall–Kier alpha value is -1.56. The summed E-state index contributed by atoms with van der Waals surface area (Å²) in [6, 6.07) is 6.60. The van der Waals surface area contributed by atoms with E-state index in [4.69, 9.17) is 23.7 Å². The highest BCUT2D eigenvalue weighted by atomic mass is 32.2. The number of alkyl halides is 5. The van der Waals surface area contributed by atoms with Gasteiger partial charge in [-0.25, -0.2) is 0 Å². The van der Waals surface area contributed by atoms with Gasteiger partial charge >= 0.3 is 12.1 Å². The Morgan fingerprint density at radius 3 is 2.21 bits per heavy atom. The van der Waals surface area contributed by atoms with Crippen LogP contribution in [0.25, 0.3) is 5.76 Å². The number of unbranched alkanes of at least 4 members (excludes halogenated alkanes) is 6. The fourth-order valence-electron chi connectivity index (χ4n) is 9.47. The molecule has 6 rings (SSSR count). The lowest BCUT2D eigenvalue weighted by molar-refractivity contribution is -0.284. The predicted molar refractivity (Wildman–Crippen MR) is 199 cm³/mol. The second kappa shape index (κ2) is 19.1. The van der Waals surface area contributed by atoms with E-state index in [1.54, 1.807) is 0 Å². The minimum atomic E-state index is -5.45. The summed E-state index contributed by atoms with van der Waals surface area (Å²) < 4.78 is 94.5. The number of benzene rings is 1. The largest absolute Gasteiger partial charge is 0.493 e. The van der Waals surface area contributed by atoms with Crippen LogP contribution >= 0.6 is 11.8 Å². The molecule has 1 aromatic rings. The highest BCUT2D eigenvalue weighted by Gasteiger charge is 2.57. The molecule has 11 heteroatoms. The minimum Gasteiger partial charge on any atom is -0.493 e. The standard InChI is InChI=1S/C42H61F5O5S/c1-40-22-20-32-31-17-16-30(51-38-14-7-10-24-49-38)28-34(31)36(29-33(32)35(40)18-19-37(40)52-39-15-8-11-25-50-39)48-23-9-5-3-2-4-6-12-26-53-27-13-21-41(43,44)42(45,46)47/h16-17,28-29,32-33,35,37-39H,2-15,18-27H2,1H3/t32-,33-,35+,37+,38-,39-,40+/m1/s1. The van der Waals surface area contributed by atoms with Crippen molar-refractivity contribution in [3.8, 4) is 5.75 Å². The average molecular weight is 773 g/mol. The normalized spacial score (nSPS) is 30.3. The van der Waals surface area contributed by atoms with Crippen molar-refractivity contribution in [1.29, 1.82) is 0 Å². The fourth-order valence-corrected chi connectivity index (χ4v) is 10.4. The summed E-state index contributed by atoms with van der Waals surface area (Å²) in [5.41, 5.74) is 2.66. The Morgan fingerprint density at radius 1 is 0.792 bits per heavy atom. The van der Waals surface area contributed by atoms with Crippen molar-refractivity contribution in [2.24, 2.45) is 17.3 Å². The zero-order valence-corrected chi connectivity index (χ0v) is 32.4. The van der Waals surface area contributed by atoms with Crippen LogP contribution in [0, 0.1) is 17.3 Å². The van der Waals surface area contributed by atoms with Crippen LogP contribution in [0.15, 0.2) is 24.3 Å². The van der Waals surface area contributed by atoms with E-state index >= 15 is 0 Å². The zero-order valence-electron chi connectivity index (χ0n) is 31.6. The first-order valence-corrected chi connectivity index (χ1v) is 21.8. The topological polar surface area (TPSA) is 46.2 Å². The molecular weight excluding hydrogens is 712 g/mol. The van der Waals surface area contributed by atoms with E-state index in [1.165, 1.54) is 23.7 Å². The van der Waals surface area contributed by atoms with E-state index in [0.29, 0.717) is 30.1 Å². The van der Waals surface area contributed by atoms with Gasteiger partial charge in [0.1, 0.15) is 11.5 Å². The Balaban J connectivity index is 0.976. The minimum absolute atomic E-state index is 0.0631.